The Morgan fingerprint density at radius 3 is 2.83 bits per heavy atom. The summed E-state index contributed by atoms with van der Waals surface area (Å²) in [7, 11) is 0. The summed E-state index contributed by atoms with van der Waals surface area (Å²) in [6, 6.07) is 9.78. The van der Waals surface area contributed by atoms with Crippen LogP contribution in [-0.2, 0) is 0 Å². The first-order chi connectivity index (χ1) is 11.0. The van der Waals surface area contributed by atoms with Crippen molar-refractivity contribution in [2.45, 2.75) is 6.92 Å². The molecule has 0 bridgehead atoms. The summed E-state index contributed by atoms with van der Waals surface area (Å²) < 4.78 is 5.82. The normalized spacial score (nSPS) is 10.7. The summed E-state index contributed by atoms with van der Waals surface area (Å²) >= 11 is 3.24. The molecule has 0 saturated carbocycles. The van der Waals surface area contributed by atoms with E-state index in [0.717, 1.165) is 0 Å². The molecule has 2 rings (SSSR count). The van der Waals surface area contributed by atoms with Crippen molar-refractivity contribution in [3.63, 3.8) is 0 Å². The molecule has 0 aliphatic heterocycles. The van der Waals surface area contributed by atoms with Crippen LogP contribution in [0.2, 0.25) is 0 Å². The fraction of sp³-hybridized carbons (Fsp3) is 0.125. The molecule has 0 fully saturated rings. The summed E-state index contributed by atoms with van der Waals surface area (Å²) in [6.45, 7) is 2.24. The van der Waals surface area contributed by atoms with Gasteiger partial charge in [0.1, 0.15) is 0 Å². The second kappa shape index (κ2) is 7.64. The molecule has 0 heterocycles. The Labute approximate surface area is 141 Å². The number of rotatable bonds is 6. The second-order valence-electron chi connectivity index (χ2n) is 4.50. The molecule has 0 radical (unpaired) electrons. The Morgan fingerprint density at radius 2 is 2.13 bits per heavy atom. The number of aromatic carboxylic acids is 1. The molecule has 7 heteroatoms. The summed E-state index contributed by atoms with van der Waals surface area (Å²) in [5.41, 5.74) is 3.90. The number of hydrogen-bond donors (Lipinski definition) is 3. The highest BCUT2D eigenvalue weighted by atomic mass is 79.9. The van der Waals surface area contributed by atoms with Crippen molar-refractivity contribution >= 4 is 33.8 Å². The van der Waals surface area contributed by atoms with E-state index in [4.69, 9.17) is 9.84 Å². The van der Waals surface area contributed by atoms with Crippen molar-refractivity contribution in [1.29, 1.82) is 0 Å². The summed E-state index contributed by atoms with van der Waals surface area (Å²) in [5, 5.41) is 23.0. The molecular formula is C16H15BrN2O4. The first kappa shape index (κ1) is 16.8. The van der Waals surface area contributed by atoms with E-state index in [-0.39, 0.29) is 11.3 Å². The Hall–Kier alpha value is -2.54. The number of ether oxygens (including phenoxy) is 1. The van der Waals surface area contributed by atoms with Crippen LogP contribution in [-0.4, -0.2) is 29.0 Å². The number of hydrazone groups is 1. The molecule has 2 aromatic rings. The van der Waals surface area contributed by atoms with Crippen molar-refractivity contribution in [2.75, 3.05) is 12.0 Å². The van der Waals surface area contributed by atoms with Gasteiger partial charge in [-0.25, -0.2) is 4.79 Å². The van der Waals surface area contributed by atoms with E-state index >= 15 is 0 Å². The molecule has 3 N–H and O–H groups in total. The van der Waals surface area contributed by atoms with Gasteiger partial charge in [-0.3, -0.25) is 5.43 Å². The lowest BCUT2D eigenvalue weighted by atomic mass is 10.2. The number of phenols is 1. The highest BCUT2D eigenvalue weighted by Crippen LogP contribution is 2.35. The zero-order chi connectivity index (χ0) is 16.8. The predicted molar refractivity (Wildman–Crippen MR) is 91.6 cm³/mol. The minimum atomic E-state index is -1.03. The Morgan fingerprint density at radius 1 is 1.39 bits per heavy atom. The van der Waals surface area contributed by atoms with Crippen LogP contribution < -0.4 is 10.2 Å². The van der Waals surface area contributed by atoms with Crippen molar-refractivity contribution < 1.29 is 19.7 Å². The molecule has 0 spiro atoms. The van der Waals surface area contributed by atoms with Crippen molar-refractivity contribution in [3.8, 4) is 11.5 Å². The van der Waals surface area contributed by atoms with E-state index in [0.29, 0.717) is 28.1 Å². The fourth-order valence-electron chi connectivity index (χ4n) is 1.88. The monoisotopic (exact) mass is 378 g/mol. The van der Waals surface area contributed by atoms with E-state index in [1.807, 2.05) is 6.92 Å². The Kier molecular flexibility index (Phi) is 5.59. The maximum atomic E-state index is 11.1. The quantitative estimate of drug-likeness (QED) is 0.526. The number of carboxylic acid groups (broad SMARTS) is 1. The van der Waals surface area contributed by atoms with Crippen LogP contribution in [0.15, 0.2) is 46.0 Å². The number of nitrogens with one attached hydrogen (secondary N) is 1. The molecule has 120 valence electrons. The van der Waals surface area contributed by atoms with E-state index in [9.17, 15) is 9.90 Å². The summed E-state index contributed by atoms with van der Waals surface area (Å²) in [4.78, 5) is 11.1. The lowest BCUT2D eigenvalue weighted by molar-refractivity contribution is 0.0698. The average molecular weight is 379 g/mol. The predicted octanol–water partition coefficient (Wildman–Crippen LogP) is 3.70. The topological polar surface area (TPSA) is 91.2 Å². The first-order valence-electron chi connectivity index (χ1n) is 6.79. The smallest absolute Gasteiger partial charge is 0.337 e. The number of carboxylic acids is 1. The minimum Gasteiger partial charge on any atom is -0.503 e. The average Bonchev–Trinajstić information content (AvgIpc) is 2.52. The molecule has 6 nitrogen and oxygen atoms in total. The third-order valence-electron chi connectivity index (χ3n) is 2.91. The van der Waals surface area contributed by atoms with Gasteiger partial charge < -0.3 is 14.9 Å². The van der Waals surface area contributed by atoms with Gasteiger partial charge in [-0.2, -0.15) is 5.10 Å². The number of carbonyl (C=O) groups is 1. The van der Waals surface area contributed by atoms with Gasteiger partial charge in [-0.15, -0.1) is 0 Å². The summed E-state index contributed by atoms with van der Waals surface area (Å²) in [6.07, 6.45) is 1.51. The van der Waals surface area contributed by atoms with Gasteiger partial charge in [0, 0.05) is 0 Å². The van der Waals surface area contributed by atoms with Gasteiger partial charge in [-0.05, 0) is 52.7 Å². The molecule has 0 amide bonds. The maximum absolute atomic E-state index is 11.1. The fourth-order valence-corrected chi connectivity index (χ4v) is 2.34. The van der Waals surface area contributed by atoms with Crippen molar-refractivity contribution in [3.05, 3.63) is 52.0 Å². The lowest BCUT2D eigenvalue weighted by Gasteiger charge is -2.08. The summed E-state index contributed by atoms with van der Waals surface area (Å²) in [5.74, 6) is -0.670. The molecule has 0 atom stereocenters. The Bertz CT molecular complexity index is 747. The molecule has 23 heavy (non-hydrogen) atoms. The van der Waals surface area contributed by atoms with E-state index in [1.165, 1.54) is 12.3 Å². The number of aromatic hydroxyl groups is 1. The van der Waals surface area contributed by atoms with Crippen LogP contribution in [0.1, 0.15) is 22.8 Å². The zero-order valence-corrected chi connectivity index (χ0v) is 13.9. The molecule has 0 saturated heterocycles. The van der Waals surface area contributed by atoms with E-state index in [2.05, 4.69) is 26.5 Å². The van der Waals surface area contributed by atoms with Gasteiger partial charge in [0.15, 0.2) is 11.5 Å². The van der Waals surface area contributed by atoms with Gasteiger partial charge in [-0.1, -0.05) is 12.1 Å². The first-order valence-corrected chi connectivity index (χ1v) is 7.59. The molecule has 0 aliphatic carbocycles. The standard InChI is InChI=1S/C16H15BrN2O4/c1-2-23-14-8-10(7-12(17)15(14)20)9-18-19-13-6-4-3-5-11(13)16(21)22/h3-9,19-20H,2H2,1H3,(H,21,22)/b18-9+. The number of para-hydroxylation sites is 1. The highest BCUT2D eigenvalue weighted by molar-refractivity contribution is 9.10. The van der Waals surface area contributed by atoms with Crippen molar-refractivity contribution in [1.82, 2.24) is 0 Å². The van der Waals surface area contributed by atoms with Crippen molar-refractivity contribution in [2.24, 2.45) is 5.10 Å². The van der Waals surface area contributed by atoms with E-state index in [1.54, 1.807) is 30.3 Å². The van der Waals surface area contributed by atoms with Crippen LogP contribution in [0.4, 0.5) is 5.69 Å². The highest BCUT2D eigenvalue weighted by Gasteiger charge is 2.09. The van der Waals surface area contributed by atoms with Crippen LogP contribution >= 0.6 is 15.9 Å². The SMILES string of the molecule is CCOc1cc(/C=N/Nc2ccccc2C(=O)O)cc(Br)c1O. The zero-order valence-electron chi connectivity index (χ0n) is 12.3. The van der Waals surface area contributed by atoms with Gasteiger partial charge in [0.25, 0.3) is 0 Å². The molecule has 2 aromatic carbocycles. The lowest BCUT2D eigenvalue weighted by Crippen LogP contribution is -2.02. The maximum Gasteiger partial charge on any atom is 0.337 e. The number of benzene rings is 2. The van der Waals surface area contributed by atoms with Gasteiger partial charge in [0.2, 0.25) is 0 Å². The van der Waals surface area contributed by atoms with Crippen LogP contribution in [0.3, 0.4) is 0 Å². The number of anilines is 1. The molecular weight excluding hydrogens is 364 g/mol. The number of hydrogen-bond acceptors (Lipinski definition) is 5. The van der Waals surface area contributed by atoms with Gasteiger partial charge in [0.05, 0.1) is 28.5 Å². The van der Waals surface area contributed by atoms with Crippen LogP contribution in [0.25, 0.3) is 0 Å². The largest absolute Gasteiger partial charge is 0.503 e. The molecule has 0 aliphatic rings. The van der Waals surface area contributed by atoms with Crippen LogP contribution in [0.5, 0.6) is 11.5 Å². The second-order valence-corrected chi connectivity index (χ2v) is 5.36. The number of phenolic OH excluding ortho intramolecular Hbond substituents is 1. The number of halogens is 1. The molecule has 0 aromatic heterocycles. The van der Waals surface area contributed by atoms with E-state index < -0.39 is 5.97 Å². The minimum absolute atomic E-state index is 0.0215. The number of nitrogens with zero attached hydrogens (tertiary/aromatic N) is 1. The third kappa shape index (κ3) is 4.23. The third-order valence-corrected chi connectivity index (χ3v) is 3.51. The molecule has 0 unspecified atom stereocenters. The Balaban J connectivity index is 2.20. The van der Waals surface area contributed by atoms with Crippen LogP contribution in [0, 0.1) is 0 Å². The van der Waals surface area contributed by atoms with Gasteiger partial charge >= 0.3 is 5.97 Å².